The van der Waals surface area contributed by atoms with E-state index in [0.717, 1.165) is 25.0 Å². The summed E-state index contributed by atoms with van der Waals surface area (Å²) in [5, 5.41) is 0. The van der Waals surface area contributed by atoms with E-state index >= 15 is 0 Å². The van der Waals surface area contributed by atoms with Gasteiger partial charge in [0.1, 0.15) is 0 Å². The molecule has 1 heterocycles. The summed E-state index contributed by atoms with van der Waals surface area (Å²) in [5.41, 5.74) is 0.135. The van der Waals surface area contributed by atoms with E-state index in [0.29, 0.717) is 26.2 Å². The average molecular weight is 294 g/mol. The van der Waals surface area contributed by atoms with Gasteiger partial charge in [0.2, 0.25) is 5.91 Å². The molecule has 1 aliphatic heterocycles. The standard InChI is InChI=1S/C15H16F2N2O2/c16-12-4-3-11(9-13(12)17)15(21)19-7-5-18(6-8-19)14(20)10-1-2-10/h3-4,9-10H,1-2,5-8H2. The lowest BCUT2D eigenvalue weighted by Gasteiger charge is -2.35. The maximum absolute atomic E-state index is 13.2. The molecule has 0 N–H and O–H groups in total. The topological polar surface area (TPSA) is 40.6 Å². The zero-order valence-corrected chi connectivity index (χ0v) is 11.5. The molecular weight excluding hydrogens is 278 g/mol. The van der Waals surface area contributed by atoms with Gasteiger partial charge in [-0.2, -0.15) is 0 Å². The summed E-state index contributed by atoms with van der Waals surface area (Å²) >= 11 is 0. The summed E-state index contributed by atoms with van der Waals surface area (Å²) < 4.78 is 26.1. The van der Waals surface area contributed by atoms with Gasteiger partial charge in [0.15, 0.2) is 11.6 Å². The number of hydrogen-bond donors (Lipinski definition) is 0. The average Bonchev–Trinajstić information content (AvgIpc) is 3.33. The first-order chi connectivity index (χ1) is 10.1. The van der Waals surface area contributed by atoms with E-state index in [1.165, 1.54) is 6.07 Å². The van der Waals surface area contributed by atoms with Gasteiger partial charge in [-0.3, -0.25) is 9.59 Å². The van der Waals surface area contributed by atoms with Crippen molar-refractivity contribution in [2.45, 2.75) is 12.8 Å². The van der Waals surface area contributed by atoms with Crippen molar-refractivity contribution >= 4 is 11.8 Å². The van der Waals surface area contributed by atoms with Crippen molar-refractivity contribution in [2.24, 2.45) is 5.92 Å². The second-order valence-electron chi connectivity index (χ2n) is 5.52. The number of amides is 2. The maximum Gasteiger partial charge on any atom is 0.254 e. The smallest absolute Gasteiger partial charge is 0.254 e. The van der Waals surface area contributed by atoms with Crippen LogP contribution in [-0.4, -0.2) is 47.8 Å². The van der Waals surface area contributed by atoms with Crippen LogP contribution in [0.3, 0.4) is 0 Å². The lowest BCUT2D eigenvalue weighted by molar-refractivity contribution is -0.134. The van der Waals surface area contributed by atoms with Crippen molar-refractivity contribution in [2.75, 3.05) is 26.2 Å². The fraction of sp³-hybridized carbons (Fsp3) is 0.467. The molecule has 1 aromatic rings. The SMILES string of the molecule is O=C(c1ccc(F)c(F)c1)N1CCN(C(=O)C2CC2)CC1. The third kappa shape index (κ3) is 2.89. The molecule has 1 saturated heterocycles. The largest absolute Gasteiger partial charge is 0.339 e. The first-order valence-corrected chi connectivity index (χ1v) is 7.09. The summed E-state index contributed by atoms with van der Waals surface area (Å²) in [7, 11) is 0. The molecule has 21 heavy (non-hydrogen) atoms. The minimum atomic E-state index is -1.02. The normalized spacial score (nSPS) is 18.8. The van der Waals surface area contributed by atoms with Crippen LogP contribution in [0, 0.1) is 17.6 Å². The number of carbonyl (C=O) groups is 2. The summed E-state index contributed by atoms with van der Waals surface area (Å²) in [5.74, 6) is -1.96. The number of piperazine rings is 1. The molecule has 1 aliphatic carbocycles. The van der Waals surface area contributed by atoms with E-state index in [-0.39, 0.29) is 23.3 Å². The van der Waals surface area contributed by atoms with Crippen molar-refractivity contribution < 1.29 is 18.4 Å². The number of carbonyl (C=O) groups excluding carboxylic acids is 2. The number of rotatable bonds is 2. The van der Waals surface area contributed by atoms with E-state index in [1.54, 1.807) is 9.80 Å². The second kappa shape index (κ2) is 5.42. The Kier molecular flexibility index (Phi) is 3.61. The Labute approximate surface area is 121 Å². The zero-order valence-electron chi connectivity index (χ0n) is 11.5. The maximum atomic E-state index is 13.2. The Morgan fingerprint density at radius 1 is 0.952 bits per heavy atom. The first kappa shape index (κ1) is 14.0. The Hall–Kier alpha value is -1.98. The highest BCUT2D eigenvalue weighted by atomic mass is 19.2. The van der Waals surface area contributed by atoms with Crippen LogP contribution in [0.5, 0.6) is 0 Å². The van der Waals surface area contributed by atoms with Crippen LogP contribution in [-0.2, 0) is 4.79 Å². The molecule has 2 amide bonds. The fourth-order valence-electron chi connectivity index (χ4n) is 2.53. The minimum absolute atomic E-state index is 0.135. The molecule has 2 aliphatic rings. The molecule has 1 saturated carbocycles. The molecule has 0 aromatic heterocycles. The van der Waals surface area contributed by atoms with Gasteiger partial charge in [0.25, 0.3) is 5.91 Å². The lowest BCUT2D eigenvalue weighted by atomic mass is 10.1. The third-order valence-corrected chi connectivity index (χ3v) is 3.97. The van der Waals surface area contributed by atoms with Crippen LogP contribution in [0.1, 0.15) is 23.2 Å². The van der Waals surface area contributed by atoms with E-state index < -0.39 is 11.6 Å². The Morgan fingerprint density at radius 2 is 1.57 bits per heavy atom. The molecule has 0 atom stereocenters. The lowest BCUT2D eigenvalue weighted by Crippen LogP contribution is -2.51. The Bertz CT molecular complexity index is 579. The fourth-order valence-corrected chi connectivity index (χ4v) is 2.53. The molecule has 0 unspecified atom stereocenters. The molecule has 0 bridgehead atoms. The van der Waals surface area contributed by atoms with Crippen LogP contribution in [0.15, 0.2) is 18.2 Å². The van der Waals surface area contributed by atoms with Gasteiger partial charge in [0.05, 0.1) is 0 Å². The number of halogens is 2. The van der Waals surface area contributed by atoms with Gasteiger partial charge >= 0.3 is 0 Å². The van der Waals surface area contributed by atoms with E-state index in [4.69, 9.17) is 0 Å². The summed E-state index contributed by atoms with van der Waals surface area (Å²) in [6, 6.07) is 3.15. The number of benzene rings is 1. The predicted molar refractivity (Wildman–Crippen MR) is 71.6 cm³/mol. The van der Waals surface area contributed by atoms with Crippen LogP contribution in [0.2, 0.25) is 0 Å². The van der Waals surface area contributed by atoms with Crippen LogP contribution in [0.25, 0.3) is 0 Å². The van der Waals surface area contributed by atoms with Crippen LogP contribution < -0.4 is 0 Å². The summed E-state index contributed by atoms with van der Waals surface area (Å²) in [6.45, 7) is 1.86. The Balaban J connectivity index is 1.61. The molecule has 1 aromatic carbocycles. The quantitative estimate of drug-likeness (QED) is 0.832. The molecular formula is C15H16F2N2O2. The minimum Gasteiger partial charge on any atom is -0.339 e. The molecule has 0 radical (unpaired) electrons. The highest BCUT2D eigenvalue weighted by molar-refractivity contribution is 5.94. The van der Waals surface area contributed by atoms with E-state index in [9.17, 15) is 18.4 Å². The van der Waals surface area contributed by atoms with Crippen molar-refractivity contribution in [3.05, 3.63) is 35.4 Å². The van der Waals surface area contributed by atoms with Gasteiger partial charge in [-0.1, -0.05) is 0 Å². The summed E-state index contributed by atoms with van der Waals surface area (Å²) in [4.78, 5) is 27.5. The van der Waals surface area contributed by atoms with Crippen molar-refractivity contribution in [1.29, 1.82) is 0 Å². The van der Waals surface area contributed by atoms with Gasteiger partial charge in [0, 0.05) is 37.7 Å². The van der Waals surface area contributed by atoms with Gasteiger partial charge in [-0.15, -0.1) is 0 Å². The predicted octanol–water partition coefficient (Wildman–Crippen LogP) is 1.66. The van der Waals surface area contributed by atoms with Crippen molar-refractivity contribution in [3.63, 3.8) is 0 Å². The van der Waals surface area contributed by atoms with Gasteiger partial charge in [-0.05, 0) is 31.0 Å². The molecule has 4 nitrogen and oxygen atoms in total. The zero-order chi connectivity index (χ0) is 15.0. The third-order valence-electron chi connectivity index (χ3n) is 3.97. The number of nitrogens with zero attached hydrogens (tertiary/aromatic N) is 2. The molecule has 2 fully saturated rings. The van der Waals surface area contributed by atoms with Crippen LogP contribution >= 0.6 is 0 Å². The molecule has 3 rings (SSSR count). The van der Waals surface area contributed by atoms with Gasteiger partial charge in [-0.25, -0.2) is 8.78 Å². The Morgan fingerprint density at radius 3 is 2.14 bits per heavy atom. The van der Waals surface area contributed by atoms with Crippen molar-refractivity contribution in [1.82, 2.24) is 9.80 Å². The monoisotopic (exact) mass is 294 g/mol. The summed E-state index contributed by atoms with van der Waals surface area (Å²) in [6.07, 6.45) is 1.93. The highest BCUT2D eigenvalue weighted by Gasteiger charge is 2.35. The van der Waals surface area contributed by atoms with Gasteiger partial charge < -0.3 is 9.80 Å². The van der Waals surface area contributed by atoms with E-state index in [1.807, 2.05) is 0 Å². The molecule has 0 spiro atoms. The van der Waals surface area contributed by atoms with Crippen molar-refractivity contribution in [3.8, 4) is 0 Å². The first-order valence-electron chi connectivity index (χ1n) is 7.09. The van der Waals surface area contributed by atoms with Crippen LogP contribution in [0.4, 0.5) is 8.78 Å². The molecule has 6 heteroatoms. The second-order valence-corrected chi connectivity index (χ2v) is 5.52. The molecule has 112 valence electrons. The highest BCUT2D eigenvalue weighted by Crippen LogP contribution is 2.31. The number of hydrogen-bond acceptors (Lipinski definition) is 2. The van der Waals surface area contributed by atoms with E-state index in [2.05, 4.69) is 0 Å².